The normalized spacial score (nSPS) is 12.1. The standard InChI is InChI=1S/C17H18N4OS/c1-12-4-5-15(23-12)13(2)20(3)17(22)14-6-7-19-16(10-14)21-9-8-18-11-21/h4-11,13H,1-3H3/t13-/m0/s1. The van der Waals surface area contributed by atoms with Gasteiger partial charge in [0.05, 0.1) is 6.04 Å². The summed E-state index contributed by atoms with van der Waals surface area (Å²) in [4.78, 5) is 25.3. The molecule has 0 fully saturated rings. The molecule has 0 saturated carbocycles. The zero-order valence-corrected chi connectivity index (χ0v) is 14.1. The maximum atomic E-state index is 12.8. The van der Waals surface area contributed by atoms with Gasteiger partial charge in [0.15, 0.2) is 0 Å². The van der Waals surface area contributed by atoms with Crippen molar-refractivity contribution in [3.8, 4) is 5.82 Å². The molecule has 3 aromatic heterocycles. The molecular formula is C17H18N4OS. The second-order valence-electron chi connectivity index (χ2n) is 5.41. The number of rotatable bonds is 4. The van der Waals surface area contributed by atoms with Gasteiger partial charge in [-0.2, -0.15) is 0 Å². The number of carbonyl (C=O) groups is 1. The van der Waals surface area contributed by atoms with E-state index in [1.807, 2.05) is 14.0 Å². The van der Waals surface area contributed by atoms with Crippen LogP contribution in [0.3, 0.4) is 0 Å². The molecule has 0 unspecified atom stereocenters. The Kier molecular flexibility index (Phi) is 4.25. The highest BCUT2D eigenvalue weighted by Crippen LogP contribution is 2.27. The number of aromatic nitrogens is 3. The first-order valence-electron chi connectivity index (χ1n) is 7.34. The molecule has 0 radical (unpaired) electrons. The van der Waals surface area contributed by atoms with Gasteiger partial charge in [-0.3, -0.25) is 9.36 Å². The molecule has 0 aliphatic carbocycles. The third kappa shape index (κ3) is 3.17. The molecular weight excluding hydrogens is 308 g/mol. The predicted octanol–water partition coefficient (Wildman–Crippen LogP) is 3.47. The minimum absolute atomic E-state index is 0.0210. The van der Waals surface area contributed by atoms with Gasteiger partial charge in [0.25, 0.3) is 5.91 Å². The van der Waals surface area contributed by atoms with E-state index >= 15 is 0 Å². The predicted molar refractivity (Wildman–Crippen MR) is 90.9 cm³/mol. The number of carbonyl (C=O) groups excluding carboxylic acids is 1. The first-order valence-corrected chi connectivity index (χ1v) is 8.16. The molecule has 1 amide bonds. The summed E-state index contributed by atoms with van der Waals surface area (Å²) in [7, 11) is 1.83. The Balaban J connectivity index is 1.83. The van der Waals surface area contributed by atoms with Crippen molar-refractivity contribution < 1.29 is 4.79 Å². The highest BCUT2D eigenvalue weighted by atomic mass is 32.1. The summed E-state index contributed by atoms with van der Waals surface area (Å²) >= 11 is 1.72. The van der Waals surface area contributed by atoms with E-state index in [-0.39, 0.29) is 11.9 Å². The number of pyridine rings is 1. The van der Waals surface area contributed by atoms with Gasteiger partial charge in [0.1, 0.15) is 12.1 Å². The van der Waals surface area contributed by atoms with E-state index in [0.717, 1.165) is 0 Å². The topological polar surface area (TPSA) is 51.0 Å². The van der Waals surface area contributed by atoms with Gasteiger partial charge in [0.2, 0.25) is 0 Å². The Labute approximate surface area is 139 Å². The van der Waals surface area contributed by atoms with E-state index in [1.165, 1.54) is 9.75 Å². The van der Waals surface area contributed by atoms with Crippen molar-refractivity contribution in [1.29, 1.82) is 0 Å². The fourth-order valence-electron chi connectivity index (χ4n) is 2.34. The second-order valence-corrected chi connectivity index (χ2v) is 6.73. The summed E-state index contributed by atoms with van der Waals surface area (Å²) < 4.78 is 1.78. The molecule has 23 heavy (non-hydrogen) atoms. The van der Waals surface area contributed by atoms with Crippen LogP contribution < -0.4 is 0 Å². The first-order chi connectivity index (χ1) is 11.1. The number of aryl methyl sites for hydroxylation is 1. The van der Waals surface area contributed by atoms with Crippen LogP contribution in [0, 0.1) is 6.92 Å². The molecule has 0 N–H and O–H groups in total. The zero-order valence-electron chi connectivity index (χ0n) is 13.3. The van der Waals surface area contributed by atoms with Gasteiger partial charge in [0, 0.05) is 41.0 Å². The summed E-state index contributed by atoms with van der Waals surface area (Å²) in [6, 6.07) is 7.72. The lowest BCUT2D eigenvalue weighted by molar-refractivity contribution is 0.0745. The maximum Gasteiger partial charge on any atom is 0.254 e. The van der Waals surface area contributed by atoms with Gasteiger partial charge < -0.3 is 4.90 Å². The summed E-state index contributed by atoms with van der Waals surface area (Å²) in [5, 5.41) is 0. The molecule has 6 heteroatoms. The van der Waals surface area contributed by atoms with E-state index in [4.69, 9.17) is 0 Å². The minimum Gasteiger partial charge on any atom is -0.334 e. The summed E-state index contributed by atoms with van der Waals surface area (Å²) in [6.45, 7) is 4.12. The molecule has 3 aromatic rings. The number of hydrogen-bond donors (Lipinski definition) is 0. The van der Waals surface area contributed by atoms with Crippen LogP contribution in [0.1, 0.15) is 33.1 Å². The maximum absolute atomic E-state index is 12.8. The summed E-state index contributed by atoms with van der Waals surface area (Å²) in [5.41, 5.74) is 0.617. The summed E-state index contributed by atoms with van der Waals surface area (Å²) in [5.74, 6) is 0.661. The van der Waals surface area contributed by atoms with Crippen molar-refractivity contribution in [2.24, 2.45) is 0 Å². The van der Waals surface area contributed by atoms with Crippen LogP contribution >= 0.6 is 11.3 Å². The molecule has 118 valence electrons. The SMILES string of the molecule is Cc1ccc([C@H](C)N(C)C(=O)c2ccnc(-n3ccnc3)c2)s1. The van der Waals surface area contributed by atoms with Crippen molar-refractivity contribution >= 4 is 17.2 Å². The fraction of sp³-hybridized carbons (Fsp3) is 0.235. The lowest BCUT2D eigenvalue weighted by Gasteiger charge is -2.24. The Morgan fingerprint density at radius 2 is 2.13 bits per heavy atom. The van der Waals surface area contributed by atoms with Gasteiger partial charge in [-0.25, -0.2) is 9.97 Å². The van der Waals surface area contributed by atoms with Crippen molar-refractivity contribution in [3.05, 3.63) is 64.5 Å². The molecule has 0 aliphatic heterocycles. The van der Waals surface area contributed by atoms with Crippen LogP contribution in [0.2, 0.25) is 0 Å². The third-order valence-corrected chi connectivity index (χ3v) is 5.01. The average molecular weight is 326 g/mol. The number of amides is 1. The van der Waals surface area contributed by atoms with E-state index in [1.54, 1.807) is 57.9 Å². The molecule has 3 heterocycles. The Morgan fingerprint density at radius 1 is 1.30 bits per heavy atom. The van der Waals surface area contributed by atoms with E-state index in [9.17, 15) is 4.79 Å². The number of nitrogens with zero attached hydrogens (tertiary/aromatic N) is 4. The van der Waals surface area contributed by atoms with E-state index in [0.29, 0.717) is 11.4 Å². The quantitative estimate of drug-likeness (QED) is 0.737. The molecule has 3 rings (SSSR count). The monoisotopic (exact) mass is 326 g/mol. The number of thiophene rings is 1. The largest absolute Gasteiger partial charge is 0.334 e. The van der Waals surface area contributed by atoms with Crippen molar-refractivity contribution in [2.45, 2.75) is 19.9 Å². The van der Waals surface area contributed by atoms with Gasteiger partial charge >= 0.3 is 0 Å². The highest BCUT2D eigenvalue weighted by molar-refractivity contribution is 7.12. The highest BCUT2D eigenvalue weighted by Gasteiger charge is 2.20. The molecule has 0 saturated heterocycles. The van der Waals surface area contributed by atoms with Crippen LogP contribution in [0.25, 0.3) is 5.82 Å². The Bertz CT molecular complexity index is 810. The average Bonchev–Trinajstić information content (AvgIpc) is 3.24. The van der Waals surface area contributed by atoms with Crippen LogP contribution in [-0.4, -0.2) is 32.4 Å². The third-order valence-electron chi connectivity index (χ3n) is 3.84. The smallest absolute Gasteiger partial charge is 0.254 e. The number of hydrogen-bond acceptors (Lipinski definition) is 4. The molecule has 0 spiro atoms. The van der Waals surface area contributed by atoms with Crippen LogP contribution in [0.4, 0.5) is 0 Å². The van der Waals surface area contributed by atoms with Crippen molar-refractivity contribution in [3.63, 3.8) is 0 Å². The molecule has 1 atom stereocenters. The van der Waals surface area contributed by atoms with Crippen LogP contribution in [0.5, 0.6) is 0 Å². The molecule has 0 aromatic carbocycles. The van der Waals surface area contributed by atoms with E-state index in [2.05, 4.69) is 29.0 Å². The first kappa shape index (κ1) is 15.4. The minimum atomic E-state index is -0.0210. The van der Waals surface area contributed by atoms with Gasteiger partial charge in [-0.05, 0) is 38.1 Å². The van der Waals surface area contributed by atoms with Gasteiger partial charge in [-0.1, -0.05) is 0 Å². The van der Waals surface area contributed by atoms with Crippen molar-refractivity contribution in [2.75, 3.05) is 7.05 Å². The second kappa shape index (κ2) is 6.34. The van der Waals surface area contributed by atoms with Crippen LogP contribution in [0.15, 0.2) is 49.2 Å². The molecule has 0 bridgehead atoms. The Hall–Kier alpha value is -2.47. The van der Waals surface area contributed by atoms with Crippen LogP contribution in [-0.2, 0) is 0 Å². The molecule has 5 nitrogen and oxygen atoms in total. The lowest BCUT2D eigenvalue weighted by atomic mass is 10.2. The zero-order chi connectivity index (χ0) is 16.4. The number of imidazole rings is 1. The van der Waals surface area contributed by atoms with Gasteiger partial charge in [-0.15, -0.1) is 11.3 Å². The van der Waals surface area contributed by atoms with E-state index < -0.39 is 0 Å². The van der Waals surface area contributed by atoms with Crippen molar-refractivity contribution in [1.82, 2.24) is 19.4 Å². The Morgan fingerprint density at radius 3 is 2.78 bits per heavy atom. The fourth-order valence-corrected chi connectivity index (χ4v) is 3.31. The summed E-state index contributed by atoms with van der Waals surface area (Å²) in [6.07, 6.45) is 6.80. The lowest BCUT2D eigenvalue weighted by Crippen LogP contribution is -2.29. The molecule has 0 aliphatic rings.